The lowest BCUT2D eigenvalue weighted by Crippen LogP contribution is -2.50. The van der Waals surface area contributed by atoms with Gasteiger partial charge in [-0.15, -0.1) is 0 Å². The molecule has 2 aromatic carbocycles. The summed E-state index contributed by atoms with van der Waals surface area (Å²) in [6.45, 7) is 15.4. The van der Waals surface area contributed by atoms with E-state index in [-0.39, 0.29) is 12.2 Å². The number of ether oxygens (including phenoxy) is 2. The molecule has 0 saturated heterocycles. The maximum Gasteiger partial charge on any atom is 0.200 e. The highest BCUT2D eigenvalue weighted by Gasteiger charge is 2.46. The van der Waals surface area contributed by atoms with Crippen LogP contribution in [0.1, 0.15) is 71.9 Å². The van der Waals surface area contributed by atoms with Crippen LogP contribution in [-0.2, 0) is 31.9 Å². The Bertz CT molecular complexity index is 801. The number of hydrogen-bond acceptors (Lipinski definition) is 4. The molecule has 0 aliphatic heterocycles. The van der Waals surface area contributed by atoms with Gasteiger partial charge in [-0.25, -0.2) is 0 Å². The van der Waals surface area contributed by atoms with Crippen molar-refractivity contribution in [2.45, 2.75) is 103 Å². The second-order valence-electron chi connectivity index (χ2n) is 10.4. The average Bonchev–Trinajstić information content (AvgIpc) is 2.84. The Morgan fingerprint density at radius 3 is 1.74 bits per heavy atom. The summed E-state index contributed by atoms with van der Waals surface area (Å²) in [7, 11) is -2.11. The second-order valence-corrected chi connectivity index (χ2v) is 15.8. The van der Waals surface area contributed by atoms with Gasteiger partial charge in [0.1, 0.15) is 6.29 Å². The van der Waals surface area contributed by atoms with Gasteiger partial charge in [0.15, 0.2) is 0 Å². The van der Waals surface area contributed by atoms with Gasteiger partial charge in [-0.05, 0) is 40.6 Å². The molecule has 0 aromatic heterocycles. The summed E-state index contributed by atoms with van der Waals surface area (Å²) in [5, 5.41) is 0. The monoisotopic (exact) mass is 498 g/mol. The van der Waals surface area contributed by atoms with Gasteiger partial charge < -0.3 is 18.7 Å². The fourth-order valence-electron chi connectivity index (χ4n) is 5.33. The van der Waals surface area contributed by atoms with Crippen molar-refractivity contribution in [2.75, 3.05) is 6.61 Å². The highest BCUT2D eigenvalue weighted by molar-refractivity contribution is 6.77. The first-order chi connectivity index (χ1) is 16.8. The Kier molecular flexibility index (Phi) is 12.9. The fraction of sp³-hybridized carbons (Fsp3) is 0.567. The lowest BCUT2D eigenvalue weighted by atomic mass is 10.1. The molecule has 0 unspecified atom stereocenters. The molecular weight excluding hydrogens is 452 g/mol. The van der Waals surface area contributed by atoms with Crippen LogP contribution in [0.3, 0.4) is 0 Å². The van der Waals surface area contributed by atoms with E-state index in [1.807, 2.05) is 36.4 Å². The minimum Gasteiger partial charge on any atom is -0.413 e. The Balaban J connectivity index is 2.10. The van der Waals surface area contributed by atoms with Crippen molar-refractivity contribution in [2.24, 2.45) is 0 Å². The molecule has 0 fully saturated rings. The predicted molar refractivity (Wildman–Crippen MR) is 147 cm³/mol. The van der Waals surface area contributed by atoms with Gasteiger partial charge in [0.2, 0.25) is 8.32 Å². The topological polar surface area (TPSA) is 44.8 Å². The smallest absolute Gasteiger partial charge is 0.200 e. The molecule has 0 aliphatic rings. The molecule has 2 aromatic rings. The van der Waals surface area contributed by atoms with Gasteiger partial charge in [0.05, 0.1) is 25.4 Å². The lowest BCUT2D eigenvalue weighted by Gasteiger charge is -2.45. The van der Waals surface area contributed by atoms with Crippen LogP contribution >= 0.6 is 0 Å². The molecule has 0 radical (unpaired) electrons. The van der Waals surface area contributed by atoms with Crippen molar-refractivity contribution >= 4 is 14.6 Å². The van der Waals surface area contributed by atoms with E-state index in [2.05, 4.69) is 65.8 Å². The van der Waals surface area contributed by atoms with Gasteiger partial charge in [-0.1, -0.05) is 102 Å². The van der Waals surface area contributed by atoms with Crippen LogP contribution in [0.2, 0.25) is 16.6 Å². The fourth-order valence-corrected chi connectivity index (χ4v) is 10.9. The molecule has 2 rings (SSSR count). The first-order valence-electron chi connectivity index (χ1n) is 13.2. The number of carbonyl (C=O) groups excluding carboxylic acids is 1. The van der Waals surface area contributed by atoms with Crippen LogP contribution in [0.25, 0.3) is 0 Å². The summed E-state index contributed by atoms with van der Waals surface area (Å²) in [4.78, 5) is 11.7. The zero-order chi connectivity index (χ0) is 25.7. The predicted octanol–water partition coefficient (Wildman–Crippen LogP) is 7.72. The third kappa shape index (κ3) is 9.30. The maximum atomic E-state index is 11.7. The summed E-state index contributed by atoms with van der Waals surface area (Å²) in [6, 6.07) is 20.5. The number of hydrogen-bond donors (Lipinski definition) is 0. The van der Waals surface area contributed by atoms with Crippen LogP contribution in [-0.4, -0.2) is 33.4 Å². The molecule has 35 heavy (non-hydrogen) atoms. The number of aldehydes is 1. The first kappa shape index (κ1) is 29.4. The van der Waals surface area contributed by atoms with Crippen molar-refractivity contribution in [1.29, 1.82) is 0 Å². The maximum absolute atomic E-state index is 11.7. The van der Waals surface area contributed by atoms with E-state index in [0.717, 1.165) is 23.8 Å². The third-order valence-electron chi connectivity index (χ3n) is 6.99. The molecular formula is C30H46O4Si. The SMILES string of the molecule is CC(C)[Si](O[C@@H](CC=O)C[C@H](CCOCc1ccccc1)OCc1ccccc1)(C(C)C)C(C)C. The summed E-state index contributed by atoms with van der Waals surface area (Å²) in [5.74, 6) is 0. The summed E-state index contributed by atoms with van der Waals surface area (Å²) >= 11 is 0. The standard InChI is InChI=1S/C30H46O4Si/c1-24(2)35(25(3)4,26(5)6)34-30(17-19-31)21-29(33-23-28-15-11-8-12-16-28)18-20-32-22-27-13-9-7-10-14-27/h7-16,19,24-26,29-30H,17-18,20-23H2,1-6H3/t29-,30-/m0/s1. The van der Waals surface area contributed by atoms with Gasteiger partial charge in [-0.2, -0.15) is 0 Å². The molecule has 4 nitrogen and oxygen atoms in total. The highest BCUT2D eigenvalue weighted by atomic mass is 28.4. The van der Waals surface area contributed by atoms with Crippen molar-refractivity contribution in [3.05, 3.63) is 71.8 Å². The molecule has 0 aliphatic carbocycles. The molecule has 2 atom stereocenters. The largest absolute Gasteiger partial charge is 0.413 e. The minimum absolute atomic E-state index is 0.0471. The molecule has 5 heteroatoms. The van der Waals surface area contributed by atoms with Crippen LogP contribution in [0, 0.1) is 0 Å². The summed E-state index contributed by atoms with van der Waals surface area (Å²) < 4.78 is 19.4. The van der Waals surface area contributed by atoms with Gasteiger partial charge >= 0.3 is 0 Å². The van der Waals surface area contributed by atoms with Crippen LogP contribution in [0.5, 0.6) is 0 Å². The zero-order valence-corrected chi connectivity index (χ0v) is 23.6. The van der Waals surface area contributed by atoms with E-state index in [0.29, 0.717) is 49.3 Å². The van der Waals surface area contributed by atoms with Crippen LogP contribution in [0.15, 0.2) is 60.7 Å². The van der Waals surface area contributed by atoms with Crippen molar-refractivity contribution in [1.82, 2.24) is 0 Å². The van der Waals surface area contributed by atoms with Crippen molar-refractivity contribution in [3.63, 3.8) is 0 Å². The van der Waals surface area contributed by atoms with E-state index in [1.165, 1.54) is 0 Å². The van der Waals surface area contributed by atoms with E-state index >= 15 is 0 Å². The Morgan fingerprint density at radius 2 is 1.26 bits per heavy atom. The Morgan fingerprint density at radius 1 is 0.743 bits per heavy atom. The van der Waals surface area contributed by atoms with E-state index in [1.54, 1.807) is 0 Å². The van der Waals surface area contributed by atoms with Crippen LogP contribution in [0.4, 0.5) is 0 Å². The number of carbonyl (C=O) groups is 1. The van der Waals surface area contributed by atoms with Gasteiger partial charge in [0, 0.05) is 13.0 Å². The van der Waals surface area contributed by atoms with Gasteiger partial charge in [0.25, 0.3) is 0 Å². The summed E-state index contributed by atoms with van der Waals surface area (Å²) in [5.41, 5.74) is 3.71. The molecule has 0 spiro atoms. The molecule has 194 valence electrons. The first-order valence-corrected chi connectivity index (χ1v) is 15.3. The van der Waals surface area contributed by atoms with E-state index in [4.69, 9.17) is 13.9 Å². The minimum atomic E-state index is -2.11. The van der Waals surface area contributed by atoms with Gasteiger partial charge in [-0.3, -0.25) is 0 Å². The average molecular weight is 499 g/mol. The second kappa shape index (κ2) is 15.3. The van der Waals surface area contributed by atoms with Crippen molar-refractivity contribution < 1.29 is 18.7 Å². The van der Waals surface area contributed by atoms with Crippen molar-refractivity contribution in [3.8, 4) is 0 Å². The van der Waals surface area contributed by atoms with E-state index in [9.17, 15) is 4.79 Å². The third-order valence-corrected chi connectivity index (χ3v) is 13.1. The summed E-state index contributed by atoms with van der Waals surface area (Å²) in [6.07, 6.45) is 2.68. The molecule has 0 heterocycles. The molecule has 0 amide bonds. The zero-order valence-electron chi connectivity index (χ0n) is 22.6. The lowest BCUT2D eigenvalue weighted by molar-refractivity contribution is -0.110. The Hall–Kier alpha value is -1.79. The normalized spacial score (nSPS) is 14.0. The van der Waals surface area contributed by atoms with Crippen LogP contribution < -0.4 is 0 Å². The number of benzene rings is 2. The molecule has 0 saturated carbocycles. The molecule has 0 N–H and O–H groups in total. The quantitative estimate of drug-likeness (QED) is 0.127. The Labute approximate surface area is 214 Å². The molecule has 0 bridgehead atoms. The number of rotatable bonds is 17. The van der Waals surface area contributed by atoms with E-state index < -0.39 is 8.32 Å². The highest BCUT2D eigenvalue weighted by Crippen LogP contribution is 2.43.